The van der Waals surface area contributed by atoms with Gasteiger partial charge in [0.15, 0.2) is 0 Å². The molecular formula is C22H27N5O3S2. The Labute approximate surface area is 196 Å². The van der Waals surface area contributed by atoms with Crippen molar-refractivity contribution >= 4 is 51.7 Å². The number of nitrogens with zero attached hydrogens (tertiary/aromatic N) is 5. The SMILES string of the molecule is Cc1cccn2c(=O)c(/C=C3/SC(=S)N(C(C)C)C3=O)c(N3CCN(CCO)CC3)nc12. The van der Waals surface area contributed by atoms with E-state index in [-0.39, 0.29) is 24.1 Å². The van der Waals surface area contributed by atoms with Crippen LogP contribution in [0.25, 0.3) is 11.7 Å². The number of aliphatic hydroxyl groups is 1. The summed E-state index contributed by atoms with van der Waals surface area (Å²) >= 11 is 6.62. The molecule has 2 aliphatic rings. The molecule has 10 heteroatoms. The molecule has 2 aromatic heterocycles. The predicted octanol–water partition coefficient (Wildman–Crippen LogP) is 1.73. The monoisotopic (exact) mass is 473 g/mol. The largest absolute Gasteiger partial charge is 0.395 e. The molecule has 0 unspecified atom stereocenters. The number of β-amino-alcohol motifs (C(OH)–C–C–N with tert-alkyl or cyclic N) is 1. The summed E-state index contributed by atoms with van der Waals surface area (Å²) in [6.45, 7) is 9.42. The molecule has 2 fully saturated rings. The number of piperazine rings is 1. The standard InChI is InChI=1S/C22H27N5O3S2/c1-14(2)27-21(30)17(32-22(27)31)13-16-19(25-9-7-24(8-10-25)11-12-28)23-18-15(3)5-4-6-26(18)20(16)29/h4-6,13-14,28H,7-12H2,1-3H3/b17-13+. The van der Waals surface area contributed by atoms with Crippen LogP contribution in [0.5, 0.6) is 0 Å². The van der Waals surface area contributed by atoms with Gasteiger partial charge >= 0.3 is 0 Å². The fourth-order valence-electron chi connectivity index (χ4n) is 4.05. The molecule has 0 atom stereocenters. The Bertz CT molecular complexity index is 1150. The Balaban J connectivity index is 1.82. The van der Waals surface area contributed by atoms with E-state index < -0.39 is 0 Å². The van der Waals surface area contributed by atoms with Gasteiger partial charge in [-0.25, -0.2) is 4.98 Å². The van der Waals surface area contributed by atoms with E-state index in [1.807, 2.05) is 32.9 Å². The second kappa shape index (κ2) is 9.30. The van der Waals surface area contributed by atoms with Crippen molar-refractivity contribution in [2.45, 2.75) is 26.8 Å². The summed E-state index contributed by atoms with van der Waals surface area (Å²) in [7, 11) is 0. The number of fused-ring (bicyclic) bond motifs is 1. The maximum atomic E-state index is 13.5. The molecule has 0 radical (unpaired) electrons. The molecule has 0 saturated carbocycles. The third kappa shape index (κ3) is 4.19. The van der Waals surface area contributed by atoms with Gasteiger partial charge in [0.25, 0.3) is 11.5 Å². The Morgan fingerprint density at radius 2 is 1.97 bits per heavy atom. The van der Waals surface area contributed by atoms with E-state index in [4.69, 9.17) is 17.2 Å². The van der Waals surface area contributed by atoms with E-state index in [1.54, 1.807) is 17.2 Å². The molecule has 32 heavy (non-hydrogen) atoms. The molecule has 0 aromatic carbocycles. The van der Waals surface area contributed by atoms with Crippen LogP contribution in [0.1, 0.15) is 25.0 Å². The number of pyridine rings is 1. The quantitative estimate of drug-likeness (QED) is 0.520. The molecule has 0 aliphatic carbocycles. The first-order valence-electron chi connectivity index (χ1n) is 10.7. The number of aliphatic hydroxyl groups excluding tert-OH is 1. The molecule has 2 aliphatic heterocycles. The van der Waals surface area contributed by atoms with Crippen molar-refractivity contribution in [1.82, 2.24) is 19.2 Å². The average Bonchev–Trinajstić information content (AvgIpc) is 3.04. The maximum Gasteiger partial charge on any atom is 0.267 e. The summed E-state index contributed by atoms with van der Waals surface area (Å²) in [6, 6.07) is 3.70. The number of amides is 1. The Morgan fingerprint density at radius 1 is 1.25 bits per heavy atom. The van der Waals surface area contributed by atoms with Gasteiger partial charge in [-0.05, 0) is 38.5 Å². The van der Waals surface area contributed by atoms with Gasteiger partial charge in [0.1, 0.15) is 15.8 Å². The summed E-state index contributed by atoms with van der Waals surface area (Å²) in [5.41, 5.74) is 1.70. The number of aromatic nitrogens is 2. The minimum atomic E-state index is -0.207. The van der Waals surface area contributed by atoms with Crippen molar-refractivity contribution in [3.8, 4) is 0 Å². The third-order valence-electron chi connectivity index (χ3n) is 5.77. The Hall–Kier alpha value is -2.27. The number of hydrogen-bond donors (Lipinski definition) is 1. The van der Waals surface area contributed by atoms with Crippen molar-refractivity contribution in [1.29, 1.82) is 0 Å². The van der Waals surface area contributed by atoms with Crippen LogP contribution in [0, 0.1) is 6.92 Å². The highest BCUT2D eigenvalue weighted by molar-refractivity contribution is 8.26. The van der Waals surface area contributed by atoms with Crippen LogP contribution in [-0.4, -0.2) is 79.9 Å². The van der Waals surface area contributed by atoms with Crippen LogP contribution in [-0.2, 0) is 4.79 Å². The van der Waals surface area contributed by atoms with Gasteiger partial charge in [-0.2, -0.15) is 0 Å². The molecule has 2 saturated heterocycles. The fourth-order valence-corrected chi connectivity index (χ4v) is 5.55. The van der Waals surface area contributed by atoms with Gasteiger partial charge in [-0.1, -0.05) is 30.0 Å². The zero-order valence-electron chi connectivity index (χ0n) is 18.4. The minimum absolute atomic E-state index is 0.0500. The molecule has 1 N–H and O–H groups in total. The summed E-state index contributed by atoms with van der Waals surface area (Å²) in [5.74, 6) is 0.408. The number of carbonyl (C=O) groups is 1. The number of hydrogen-bond acceptors (Lipinski definition) is 8. The number of rotatable bonds is 5. The normalized spacial score (nSPS) is 19.2. The van der Waals surface area contributed by atoms with Crippen LogP contribution in [0.3, 0.4) is 0 Å². The van der Waals surface area contributed by atoms with E-state index in [1.165, 1.54) is 16.2 Å². The van der Waals surface area contributed by atoms with Crippen LogP contribution >= 0.6 is 24.0 Å². The third-order valence-corrected chi connectivity index (χ3v) is 7.10. The first kappa shape index (κ1) is 22.9. The second-order valence-corrected chi connectivity index (χ2v) is 9.91. The zero-order chi connectivity index (χ0) is 23.0. The number of aryl methyl sites for hydroxylation is 1. The van der Waals surface area contributed by atoms with Crippen molar-refractivity contribution in [3.63, 3.8) is 0 Å². The van der Waals surface area contributed by atoms with Crippen LogP contribution in [0.15, 0.2) is 28.0 Å². The number of anilines is 1. The minimum Gasteiger partial charge on any atom is -0.395 e. The number of thiocarbonyl (C=S) groups is 1. The van der Waals surface area contributed by atoms with E-state index in [0.29, 0.717) is 45.9 Å². The van der Waals surface area contributed by atoms with Crippen molar-refractivity contribution in [2.75, 3.05) is 44.2 Å². The van der Waals surface area contributed by atoms with Gasteiger partial charge in [0, 0.05) is 45.0 Å². The molecule has 1 amide bonds. The average molecular weight is 474 g/mol. The highest BCUT2D eigenvalue weighted by Gasteiger charge is 2.34. The van der Waals surface area contributed by atoms with Gasteiger partial charge in [0.05, 0.1) is 17.1 Å². The molecule has 2 aromatic rings. The molecule has 8 nitrogen and oxygen atoms in total. The highest BCUT2D eigenvalue weighted by Crippen LogP contribution is 2.34. The molecule has 0 bridgehead atoms. The van der Waals surface area contributed by atoms with Crippen LogP contribution in [0.2, 0.25) is 0 Å². The first-order valence-corrected chi connectivity index (χ1v) is 11.9. The molecule has 4 rings (SSSR count). The van der Waals surface area contributed by atoms with Crippen molar-refractivity contribution in [2.24, 2.45) is 0 Å². The molecule has 0 spiro atoms. The van der Waals surface area contributed by atoms with E-state index in [9.17, 15) is 14.7 Å². The molecule has 4 heterocycles. The number of carbonyl (C=O) groups excluding carboxylic acids is 1. The smallest absolute Gasteiger partial charge is 0.267 e. The topological polar surface area (TPSA) is 81.4 Å². The fraction of sp³-hybridized carbons (Fsp3) is 0.455. The van der Waals surface area contributed by atoms with Crippen LogP contribution < -0.4 is 10.5 Å². The van der Waals surface area contributed by atoms with Gasteiger partial charge in [0.2, 0.25) is 0 Å². The summed E-state index contributed by atoms with van der Waals surface area (Å²) in [5, 5.41) is 9.23. The highest BCUT2D eigenvalue weighted by atomic mass is 32.2. The first-order chi connectivity index (χ1) is 15.3. The van der Waals surface area contributed by atoms with Gasteiger partial charge in [-0.15, -0.1) is 0 Å². The van der Waals surface area contributed by atoms with Gasteiger partial charge < -0.3 is 10.0 Å². The predicted molar refractivity (Wildman–Crippen MR) is 132 cm³/mol. The van der Waals surface area contributed by atoms with Crippen molar-refractivity contribution < 1.29 is 9.90 Å². The Kier molecular flexibility index (Phi) is 6.66. The van der Waals surface area contributed by atoms with E-state index in [2.05, 4.69) is 9.80 Å². The number of thioether (sulfide) groups is 1. The summed E-state index contributed by atoms with van der Waals surface area (Å²) in [6.07, 6.45) is 3.36. The second-order valence-electron chi connectivity index (χ2n) is 8.24. The lowest BCUT2D eigenvalue weighted by Crippen LogP contribution is -2.48. The van der Waals surface area contributed by atoms with Crippen LogP contribution in [0.4, 0.5) is 5.82 Å². The lowest BCUT2D eigenvalue weighted by Gasteiger charge is -2.35. The lowest BCUT2D eigenvalue weighted by atomic mass is 10.2. The summed E-state index contributed by atoms with van der Waals surface area (Å²) < 4.78 is 2.04. The van der Waals surface area contributed by atoms with E-state index in [0.717, 1.165) is 18.7 Å². The van der Waals surface area contributed by atoms with Crippen molar-refractivity contribution in [3.05, 3.63) is 44.7 Å². The van der Waals surface area contributed by atoms with E-state index >= 15 is 0 Å². The Morgan fingerprint density at radius 3 is 2.59 bits per heavy atom. The lowest BCUT2D eigenvalue weighted by molar-refractivity contribution is -0.123. The molecular weight excluding hydrogens is 446 g/mol. The summed E-state index contributed by atoms with van der Waals surface area (Å²) in [4.78, 5) is 37.7. The van der Waals surface area contributed by atoms with Gasteiger partial charge in [-0.3, -0.25) is 23.8 Å². The zero-order valence-corrected chi connectivity index (χ0v) is 20.1. The molecule has 170 valence electrons. The maximum absolute atomic E-state index is 13.5.